The van der Waals surface area contributed by atoms with Gasteiger partial charge in [0, 0.05) is 32.3 Å². The van der Waals surface area contributed by atoms with E-state index >= 15 is 0 Å². The number of rotatable bonds is 4. The summed E-state index contributed by atoms with van der Waals surface area (Å²) in [6.07, 6.45) is 4.60. The summed E-state index contributed by atoms with van der Waals surface area (Å²) in [4.78, 5) is 14.2. The van der Waals surface area contributed by atoms with Gasteiger partial charge >= 0.3 is 0 Å². The molecule has 6 nitrogen and oxygen atoms in total. The number of carbonyl (C=O) groups excluding carboxylic acids is 1. The second-order valence-electron chi connectivity index (χ2n) is 6.32. The van der Waals surface area contributed by atoms with Crippen LogP contribution < -0.4 is 0 Å². The molecule has 0 N–H and O–H groups in total. The molecule has 1 aliphatic heterocycles. The van der Waals surface area contributed by atoms with Gasteiger partial charge in [0.25, 0.3) is 0 Å². The fourth-order valence-corrected chi connectivity index (χ4v) is 4.33. The largest absolute Gasteiger partial charge is 0.465 e. The van der Waals surface area contributed by atoms with Crippen molar-refractivity contribution in [1.29, 1.82) is 0 Å². The van der Waals surface area contributed by atoms with Gasteiger partial charge in [-0.3, -0.25) is 4.79 Å². The summed E-state index contributed by atoms with van der Waals surface area (Å²) in [5.74, 6) is 0.457. The third-order valence-corrected chi connectivity index (χ3v) is 6.49. The van der Waals surface area contributed by atoms with Gasteiger partial charge in [0.2, 0.25) is 15.9 Å². The Morgan fingerprint density at radius 1 is 1.08 bits per heavy atom. The summed E-state index contributed by atoms with van der Waals surface area (Å²) >= 11 is 0. The van der Waals surface area contributed by atoms with Crippen LogP contribution in [-0.4, -0.2) is 49.7 Å². The average molecular weight is 374 g/mol. The highest BCUT2D eigenvalue weighted by Crippen LogP contribution is 2.20. The van der Waals surface area contributed by atoms with Crippen LogP contribution in [0.4, 0.5) is 0 Å². The summed E-state index contributed by atoms with van der Waals surface area (Å²) in [6, 6.07) is 8.68. The second-order valence-corrected chi connectivity index (χ2v) is 8.26. The van der Waals surface area contributed by atoms with E-state index in [4.69, 9.17) is 4.42 Å². The first-order valence-corrected chi connectivity index (χ1v) is 9.90. The van der Waals surface area contributed by atoms with E-state index in [1.165, 1.54) is 10.4 Å². The molecule has 7 heteroatoms. The maximum Gasteiger partial charge on any atom is 0.246 e. The van der Waals surface area contributed by atoms with E-state index in [1.54, 1.807) is 41.5 Å². The normalized spacial score (nSPS) is 16.3. The number of hydrogen-bond acceptors (Lipinski definition) is 4. The fraction of sp³-hybridized carbons (Fsp3) is 0.316. The second kappa shape index (κ2) is 7.47. The topological polar surface area (TPSA) is 70.8 Å². The Bertz CT molecular complexity index is 909. The fourth-order valence-electron chi connectivity index (χ4n) is 2.82. The maximum absolute atomic E-state index is 12.8. The lowest BCUT2D eigenvalue weighted by molar-refractivity contribution is -0.127. The van der Waals surface area contributed by atoms with Crippen molar-refractivity contribution < 1.29 is 17.6 Å². The predicted molar refractivity (Wildman–Crippen MR) is 99.0 cm³/mol. The molecular formula is C19H22N2O4S. The van der Waals surface area contributed by atoms with Crippen molar-refractivity contribution in [3.63, 3.8) is 0 Å². The molecule has 1 aliphatic rings. The molecule has 2 heterocycles. The van der Waals surface area contributed by atoms with Gasteiger partial charge in [-0.15, -0.1) is 0 Å². The van der Waals surface area contributed by atoms with Crippen LogP contribution in [0.25, 0.3) is 6.08 Å². The van der Waals surface area contributed by atoms with Crippen LogP contribution in [0.1, 0.15) is 16.9 Å². The molecule has 1 aromatic carbocycles. The molecule has 26 heavy (non-hydrogen) atoms. The highest BCUT2D eigenvalue weighted by molar-refractivity contribution is 7.89. The smallest absolute Gasteiger partial charge is 0.246 e. The van der Waals surface area contributed by atoms with Crippen molar-refractivity contribution in [2.24, 2.45) is 0 Å². The quantitative estimate of drug-likeness (QED) is 0.771. The van der Waals surface area contributed by atoms with Crippen molar-refractivity contribution in [1.82, 2.24) is 9.21 Å². The molecule has 1 fully saturated rings. The third kappa shape index (κ3) is 3.89. The minimum atomic E-state index is -3.54. The van der Waals surface area contributed by atoms with Gasteiger partial charge in [-0.05, 0) is 55.3 Å². The number of nitrogens with zero attached hydrogens (tertiary/aromatic N) is 2. The number of carbonyl (C=O) groups is 1. The molecule has 0 unspecified atom stereocenters. The monoisotopic (exact) mass is 374 g/mol. The molecular weight excluding hydrogens is 352 g/mol. The molecule has 1 aromatic heterocycles. The first kappa shape index (κ1) is 18.4. The maximum atomic E-state index is 12.8. The van der Waals surface area contributed by atoms with Crippen LogP contribution in [-0.2, 0) is 14.8 Å². The molecule has 0 atom stereocenters. The van der Waals surface area contributed by atoms with Crippen molar-refractivity contribution in [2.45, 2.75) is 18.7 Å². The summed E-state index contributed by atoms with van der Waals surface area (Å²) in [5, 5.41) is 0. The zero-order chi connectivity index (χ0) is 18.7. The third-order valence-electron chi connectivity index (χ3n) is 4.60. The lowest BCUT2D eigenvalue weighted by atomic mass is 10.1. The molecule has 0 saturated carbocycles. The summed E-state index contributed by atoms with van der Waals surface area (Å²) in [7, 11) is -3.54. The van der Waals surface area contributed by atoms with Gasteiger partial charge in [-0.1, -0.05) is 6.07 Å². The Kier molecular flexibility index (Phi) is 5.29. The van der Waals surface area contributed by atoms with Crippen LogP contribution in [0.2, 0.25) is 0 Å². The Morgan fingerprint density at radius 3 is 2.42 bits per heavy atom. The lowest BCUT2D eigenvalue weighted by Crippen LogP contribution is -2.50. The van der Waals surface area contributed by atoms with Gasteiger partial charge in [-0.25, -0.2) is 8.42 Å². The first-order valence-electron chi connectivity index (χ1n) is 8.46. The van der Waals surface area contributed by atoms with Crippen molar-refractivity contribution in [3.8, 4) is 0 Å². The number of piperazine rings is 1. The number of sulfonamides is 1. The number of furan rings is 1. The predicted octanol–water partition coefficient (Wildman–Crippen LogP) is 2.44. The van der Waals surface area contributed by atoms with Crippen LogP contribution in [0.5, 0.6) is 0 Å². The van der Waals surface area contributed by atoms with Crippen molar-refractivity contribution in [2.75, 3.05) is 26.2 Å². The Morgan fingerprint density at radius 2 is 1.81 bits per heavy atom. The van der Waals surface area contributed by atoms with E-state index in [1.807, 2.05) is 19.9 Å². The molecule has 0 aliphatic carbocycles. The van der Waals surface area contributed by atoms with Crippen LogP contribution >= 0.6 is 0 Å². The van der Waals surface area contributed by atoms with Gasteiger partial charge in [0.05, 0.1) is 11.2 Å². The van der Waals surface area contributed by atoms with Crippen molar-refractivity contribution in [3.05, 3.63) is 59.6 Å². The highest BCUT2D eigenvalue weighted by atomic mass is 32.2. The van der Waals surface area contributed by atoms with Gasteiger partial charge in [0.15, 0.2) is 0 Å². The number of benzene rings is 1. The van der Waals surface area contributed by atoms with Crippen LogP contribution in [0.3, 0.4) is 0 Å². The van der Waals surface area contributed by atoms with E-state index in [0.717, 1.165) is 11.1 Å². The van der Waals surface area contributed by atoms with Gasteiger partial charge < -0.3 is 9.32 Å². The molecule has 0 radical (unpaired) electrons. The summed E-state index contributed by atoms with van der Waals surface area (Å²) in [6.45, 7) is 5.16. The molecule has 0 spiro atoms. The van der Waals surface area contributed by atoms with E-state index in [0.29, 0.717) is 23.7 Å². The Hall–Kier alpha value is -2.38. The number of aryl methyl sites for hydroxylation is 2. The van der Waals surface area contributed by atoms with Gasteiger partial charge in [-0.2, -0.15) is 4.31 Å². The summed E-state index contributed by atoms with van der Waals surface area (Å²) in [5.41, 5.74) is 2.01. The van der Waals surface area contributed by atoms with Gasteiger partial charge in [0.1, 0.15) is 5.76 Å². The van der Waals surface area contributed by atoms with Crippen LogP contribution in [0.15, 0.2) is 52.0 Å². The lowest BCUT2D eigenvalue weighted by Gasteiger charge is -2.33. The molecule has 0 bridgehead atoms. The van der Waals surface area contributed by atoms with E-state index in [-0.39, 0.29) is 19.0 Å². The molecule has 138 valence electrons. The average Bonchev–Trinajstić information content (AvgIpc) is 3.15. The minimum absolute atomic E-state index is 0.148. The molecule has 2 aromatic rings. The zero-order valence-electron chi connectivity index (χ0n) is 14.9. The first-order chi connectivity index (χ1) is 12.4. The molecule has 1 amide bonds. The van der Waals surface area contributed by atoms with E-state index in [9.17, 15) is 13.2 Å². The zero-order valence-corrected chi connectivity index (χ0v) is 15.7. The standard InChI is InChI=1S/C19H22N2O4S/c1-15-5-7-18(14-16(15)2)26(23,24)21-11-9-20(10-12-21)19(22)8-6-17-4-3-13-25-17/h3-8,13-14H,9-12H2,1-2H3/b8-6+. The number of hydrogen-bond donors (Lipinski definition) is 0. The SMILES string of the molecule is Cc1ccc(S(=O)(=O)N2CCN(C(=O)/C=C/c3ccco3)CC2)cc1C. The summed E-state index contributed by atoms with van der Waals surface area (Å²) < 4.78 is 32.2. The van der Waals surface area contributed by atoms with E-state index < -0.39 is 10.0 Å². The Balaban J connectivity index is 1.64. The highest BCUT2D eigenvalue weighted by Gasteiger charge is 2.29. The molecule has 1 saturated heterocycles. The van der Waals surface area contributed by atoms with Crippen molar-refractivity contribution >= 4 is 22.0 Å². The Labute approximate surface area is 153 Å². The van der Waals surface area contributed by atoms with E-state index in [2.05, 4.69) is 0 Å². The van der Waals surface area contributed by atoms with Crippen LogP contribution in [0, 0.1) is 13.8 Å². The molecule has 3 rings (SSSR count). The number of amides is 1. The minimum Gasteiger partial charge on any atom is -0.465 e.